The van der Waals surface area contributed by atoms with Crippen LogP contribution in [0.1, 0.15) is 72.1 Å². The van der Waals surface area contributed by atoms with Gasteiger partial charge in [0.05, 0.1) is 19.8 Å². The van der Waals surface area contributed by atoms with Crippen molar-refractivity contribution >= 4 is 11.9 Å². The van der Waals surface area contributed by atoms with Gasteiger partial charge in [-0.2, -0.15) is 0 Å². The van der Waals surface area contributed by atoms with Crippen molar-refractivity contribution in [2.45, 2.75) is 53.9 Å². The fraction of sp³-hybridized carbons (Fsp3) is 0.458. The summed E-state index contributed by atoms with van der Waals surface area (Å²) in [5, 5.41) is 0. The van der Waals surface area contributed by atoms with Crippen molar-refractivity contribution in [2.75, 3.05) is 19.8 Å². The Balaban J connectivity index is 2.57. The van der Waals surface area contributed by atoms with E-state index in [-0.39, 0.29) is 24.3 Å². The highest BCUT2D eigenvalue weighted by molar-refractivity contribution is 5.96. The highest BCUT2D eigenvalue weighted by Crippen LogP contribution is 2.22. The third-order valence-corrected chi connectivity index (χ3v) is 4.92. The number of unbranched alkanes of at least 4 members (excludes halogenated alkanes) is 2. The maximum absolute atomic E-state index is 13.0. The van der Waals surface area contributed by atoms with Gasteiger partial charge in [0.2, 0.25) is 5.43 Å². The molecule has 0 unspecified atom stereocenters. The van der Waals surface area contributed by atoms with Crippen molar-refractivity contribution < 1.29 is 23.8 Å². The Hall–Kier alpha value is -3.09. The van der Waals surface area contributed by atoms with Crippen molar-refractivity contribution in [1.29, 1.82) is 0 Å². The first-order valence-electron chi connectivity index (χ1n) is 10.7. The molecule has 168 valence electrons. The van der Waals surface area contributed by atoms with Gasteiger partial charge in [0, 0.05) is 17.1 Å². The summed E-state index contributed by atoms with van der Waals surface area (Å²) in [6.07, 6.45) is 3.22. The second kappa shape index (κ2) is 11.3. The first-order chi connectivity index (χ1) is 14.9. The quantitative estimate of drug-likeness (QED) is 0.412. The Morgan fingerprint density at radius 3 is 1.81 bits per heavy atom. The summed E-state index contributed by atoms with van der Waals surface area (Å²) in [4.78, 5) is 38.1. The minimum absolute atomic E-state index is 0.115. The lowest BCUT2D eigenvalue weighted by Crippen LogP contribution is -2.31. The molecule has 0 spiro atoms. The fourth-order valence-electron chi connectivity index (χ4n) is 3.44. The molecule has 7 nitrogen and oxygen atoms in total. The molecule has 1 aromatic carbocycles. The van der Waals surface area contributed by atoms with E-state index in [9.17, 15) is 14.4 Å². The van der Waals surface area contributed by atoms with Crippen LogP contribution in [-0.2, 0) is 9.47 Å². The van der Waals surface area contributed by atoms with Crippen molar-refractivity contribution in [3.05, 3.63) is 57.0 Å². The van der Waals surface area contributed by atoms with Crippen molar-refractivity contribution in [2.24, 2.45) is 0 Å². The highest BCUT2D eigenvalue weighted by Gasteiger charge is 2.27. The lowest BCUT2D eigenvalue weighted by atomic mass is 10.0. The summed E-state index contributed by atoms with van der Waals surface area (Å²) >= 11 is 0. The number of ether oxygens (including phenoxy) is 3. The molecule has 31 heavy (non-hydrogen) atoms. The highest BCUT2D eigenvalue weighted by atomic mass is 16.5. The second-order valence-corrected chi connectivity index (χ2v) is 7.08. The van der Waals surface area contributed by atoms with E-state index in [1.165, 1.54) is 0 Å². The van der Waals surface area contributed by atoms with Gasteiger partial charge in [0.1, 0.15) is 16.9 Å². The first kappa shape index (κ1) is 24.2. The number of nitrogens with zero attached hydrogens (tertiary/aromatic N) is 1. The van der Waals surface area contributed by atoms with E-state index in [1.807, 2.05) is 24.3 Å². The molecule has 0 atom stereocenters. The standard InChI is InChI=1S/C24H31NO6/c1-6-9-10-15-31-19-13-11-18(12-14-19)25-16(4)20(23(27)29-7-2)22(26)21(17(25)5)24(28)30-8-3/h11-14H,6-10,15H2,1-5H3. The lowest BCUT2D eigenvalue weighted by Gasteiger charge is -2.20. The van der Waals surface area contributed by atoms with Crippen LogP contribution in [0.4, 0.5) is 0 Å². The van der Waals surface area contributed by atoms with E-state index in [2.05, 4.69) is 6.92 Å². The number of aromatic nitrogens is 1. The van der Waals surface area contributed by atoms with Crippen LogP contribution in [0.5, 0.6) is 5.75 Å². The Kier molecular flexibility index (Phi) is 8.85. The van der Waals surface area contributed by atoms with Gasteiger partial charge in [0.25, 0.3) is 0 Å². The molecule has 7 heteroatoms. The summed E-state index contributed by atoms with van der Waals surface area (Å²) in [6.45, 7) is 9.64. The van der Waals surface area contributed by atoms with Crippen LogP contribution in [0.15, 0.2) is 29.1 Å². The minimum atomic E-state index is -0.764. The maximum atomic E-state index is 13.0. The van der Waals surface area contributed by atoms with E-state index < -0.39 is 17.4 Å². The molecule has 0 bridgehead atoms. The van der Waals surface area contributed by atoms with Gasteiger partial charge in [-0.1, -0.05) is 19.8 Å². The van der Waals surface area contributed by atoms with Crippen LogP contribution in [0, 0.1) is 13.8 Å². The van der Waals surface area contributed by atoms with Crippen molar-refractivity contribution in [3.8, 4) is 11.4 Å². The Labute approximate surface area is 182 Å². The number of carbonyl (C=O) groups excluding carboxylic acids is 2. The van der Waals surface area contributed by atoms with Gasteiger partial charge < -0.3 is 18.8 Å². The van der Waals surface area contributed by atoms with Crippen molar-refractivity contribution in [3.63, 3.8) is 0 Å². The van der Waals surface area contributed by atoms with Crippen LogP contribution in [-0.4, -0.2) is 36.3 Å². The lowest BCUT2D eigenvalue weighted by molar-refractivity contribution is 0.0519. The SMILES string of the molecule is CCCCCOc1ccc(-n2c(C)c(C(=O)OCC)c(=O)c(C(=O)OCC)c2C)cc1. The van der Waals surface area contributed by atoms with Gasteiger partial charge in [-0.15, -0.1) is 0 Å². The molecule has 0 fully saturated rings. The molecule has 0 aliphatic carbocycles. The first-order valence-corrected chi connectivity index (χ1v) is 10.7. The molecule has 0 radical (unpaired) electrons. The molecular formula is C24H31NO6. The molecule has 0 amide bonds. The zero-order chi connectivity index (χ0) is 23.0. The molecule has 0 saturated heterocycles. The average Bonchev–Trinajstić information content (AvgIpc) is 2.72. The number of esters is 2. The minimum Gasteiger partial charge on any atom is -0.494 e. The molecule has 2 rings (SSSR count). The van der Waals surface area contributed by atoms with Gasteiger partial charge >= 0.3 is 11.9 Å². The van der Waals surface area contributed by atoms with E-state index >= 15 is 0 Å². The summed E-state index contributed by atoms with van der Waals surface area (Å²) in [6, 6.07) is 7.30. The van der Waals surface area contributed by atoms with E-state index in [0.717, 1.165) is 25.0 Å². The molecule has 0 N–H and O–H groups in total. The van der Waals surface area contributed by atoms with E-state index in [0.29, 0.717) is 23.7 Å². The third kappa shape index (κ3) is 5.54. The fourth-order valence-corrected chi connectivity index (χ4v) is 3.44. The third-order valence-electron chi connectivity index (χ3n) is 4.92. The summed E-state index contributed by atoms with van der Waals surface area (Å²) in [5.74, 6) is -0.798. The molecule has 0 aliphatic rings. The molecule has 0 saturated carbocycles. The maximum Gasteiger partial charge on any atom is 0.343 e. The van der Waals surface area contributed by atoms with Crippen molar-refractivity contribution in [1.82, 2.24) is 4.57 Å². The number of carbonyl (C=O) groups is 2. The van der Waals surface area contributed by atoms with E-state index in [4.69, 9.17) is 14.2 Å². The zero-order valence-electron chi connectivity index (χ0n) is 18.9. The number of hydrogen-bond acceptors (Lipinski definition) is 6. The predicted octanol–water partition coefficient (Wildman–Crippen LogP) is 4.38. The monoisotopic (exact) mass is 429 g/mol. The largest absolute Gasteiger partial charge is 0.494 e. The number of benzene rings is 1. The molecular weight excluding hydrogens is 398 g/mol. The van der Waals surface area contributed by atoms with Crippen LogP contribution in [0.2, 0.25) is 0 Å². The molecule has 0 aliphatic heterocycles. The number of pyridine rings is 1. The topological polar surface area (TPSA) is 83.8 Å². The van der Waals surface area contributed by atoms with Crippen LogP contribution in [0.3, 0.4) is 0 Å². The summed E-state index contributed by atoms with van der Waals surface area (Å²) < 4.78 is 17.6. The van der Waals surface area contributed by atoms with Gasteiger partial charge in [0.15, 0.2) is 0 Å². The van der Waals surface area contributed by atoms with Crippen LogP contribution >= 0.6 is 0 Å². The predicted molar refractivity (Wildman–Crippen MR) is 118 cm³/mol. The Morgan fingerprint density at radius 1 is 0.839 bits per heavy atom. The summed E-state index contributed by atoms with van der Waals surface area (Å²) in [5.41, 5.74) is 0.452. The van der Waals surface area contributed by atoms with Crippen LogP contribution < -0.4 is 10.2 Å². The van der Waals surface area contributed by atoms with Gasteiger partial charge in [-0.3, -0.25) is 4.79 Å². The molecule has 1 heterocycles. The Morgan fingerprint density at radius 2 is 1.35 bits per heavy atom. The van der Waals surface area contributed by atoms with Gasteiger partial charge in [-0.05, 0) is 58.4 Å². The Bertz CT molecular complexity index is 927. The normalized spacial score (nSPS) is 10.6. The van der Waals surface area contributed by atoms with Crippen LogP contribution in [0.25, 0.3) is 5.69 Å². The van der Waals surface area contributed by atoms with E-state index in [1.54, 1.807) is 32.3 Å². The second-order valence-electron chi connectivity index (χ2n) is 7.08. The molecule has 1 aromatic heterocycles. The number of hydrogen-bond donors (Lipinski definition) is 0. The smallest absolute Gasteiger partial charge is 0.343 e. The van der Waals surface area contributed by atoms with Gasteiger partial charge in [-0.25, -0.2) is 9.59 Å². The molecule has 2 aromatic rings. The number of rotatable bonds is 10. The average molecular weight is 430 g/mol. The zero-order valence-corrected chi connectivity index (χ0v) is 18.9. The summed E-state index contributed by atoms with van der Waals surface area (Å²) in [7, 11) is 0.